The molecule has 0 atom stereocenters. The molecular weight excluding hydrogens is 968 g/mol. The molecule has 11 nitrogen and oxygen atoms in total. The third-order valence-electron chi connectivity index (χ3n) is 12.8. The van der Waals surface area contributed by atoms with Crippen molar-refractivity contribution >= 4 is 52.2 Å². The van der Waals surface area contributed by atoms with Crippen LogP contribution in [0.2, 0.25) is 5.02 Å². The van der Waals surface area contributed by atoms with Crippen molar-refractivity contribution in [2.24, 2.45) is 0 Å². The molecule has 0 bridgehead atoms. The molecule has 0 fully saturated rings. The van der Waals surface area contributed by atoms with Crippen LogP contribution in [0.5, 0.6) is 28.7 Å². The number of ether oxygens (including phenoxy) is 6. The average molecular weight is 1040 g/mol. The molecule has 6 rings (SSSR count). The Hall–Kier alpha value is -6.98. The Balaban J connectivity index is 0.910. The van der Waals surface area contributed by atoms with Crippen LogP contribution in [0.15, 0.2) is 127 Å². The van der Waals surface area contributed by atoms with Gasteiger partial charge in [0.2, 0.25) is 0 Å². The van der Waals surface area contributed by atoms with Crippen LogP contribution in [0.25, 0.3) is 10.8 Å². The smallest absolute Gasteiger partial charge is 0.343 e. The van der Waals surface area contributed by atoms with Gasteiger partial charge in [0.15, 0.2) is 0 Å². The van der Waals surface area contributed by atoms with Gasteiger partial charge in [-0.05, 0) is 133 Å². The first-order valence-corrected chi connectivity index (χ1v) is 27.3. The molecule has 0 aliphatic rings. The molecule has 396 valence electrons. The van der Waals surface area contributed by atoms with E-state index in [1.54, 1.807) is 60.7 Å². The monoisotopic (exact) mass is 1040 g/mol. The highest BCUT2D eigenvalue weighted by atomic mass is 35.5. The quantitative estimate of drug-likeness (QED) is 0.0226. The lowest BCUT2D eigenvalue weighted by atomic mass is 10.1. The van der Waals surface area contributed by atoms with Gasteiger partial charge in [0.1, 0.15) is 28.7 Å². The molecular formula is C63H71ClO11. The first-order chi connectivity index (χ1) is 36.6. The number of unbranched alkanes of at least 4 members (excludes halogenated alkanes) is 18. The molecule has 0 amide bonds. The second-order valence-electron chi connectivity index (χ2n) is 18.8. The number of esters is 5. The molecule has 0 radical (unpaired) electrons. The Morgan fingerprint density at radius 2 is 0.680 bits per heavy atom. The van der Waals surface area contributed by atoms with E-state index in [2.05, 4.69) is 13.8 Å². The van der Waals surface area contributed by atoms with Gasteiger partial charge in [0.25, 0.3) is 0 Å². The molecule has 0 aliphatic heterocycles. The summed E-state index contributed by atoms with van der Waals surface area (Å²) < 4.78 is 33.6. The van der Waals surface area contributed by atoms with Gasteiger partial charge in [-0.1, -0.05) is 153 Å². The van der Waals surface area contributed by atoms with E-state index in [1.807, 2.05) is 0 Å². The lowest BCUT2D eigenvalue weighted by Crippen LogP contribution is -2.11. The summed E-state index contributed by atoms with van der Waals surface area (Å²) in [7, 11) is 0. The minimum Gasteiger partial charge on any atom is -0.494 e. The zero-order valence-electron chi connectivity index (χ0n) is 43.5. The highest BCUT2D eigenvalue weighted by Gasteiger charge is 2.18. The van der Waals surface area contributed by atoms with Crippen LogP contribution < -0.4 is 23.7 Å². The summed E-state index contributed by atoms with van der Waals surface area (Å²) in [4.78, 5) is 64.9. The van der Waals surface area contributed by atoms with Crippen molar-refractivity contribution < 1.29 is 52.4 Å². The van der Waals surface area contributed by atoms with Crippen molar-refractivity contribution in [3.05, 3.63) is 160 Å². The van der Waals surface area contributed by atoms with Gasteiger partial charge in [0.05, 0.1) is 46.1 Å². The van der Waals surface area contributed by atoms with Crippen molar-refractivity contribution in [3.63, 3.8) is 0 Å². The summed E-state index contributed by atoms with van der Waals surface area (Å²) in [5, 5.41) is 1.24. The summed E-state index contributed by atoms with van der Waals surface area (Å²) >= 11 is 6.75. The lowest BCUT2D eigenvalue weighted by Gasteiger charge is -2.11. The van der Waals surface area contributed by atoms with Crippen molar-refractivity contribution in [3.8, 4) is 28.7 Å². The lowest BCUT2D eigenvalue weighted by molar-refractivity contribution is 0.0496. The van der Waals surface area contributed by atoms with Gasteiger partial charge in [-0.3, -0.25) is 0 Å². The average Bonchev–Trinajstić information content (AvgIpc) is 3.43. The Kier molecular flexibility index (Phi) is 24.2. The predicted octanol–water partition coefficient (Wildman–Crippen LogP) is 16.7. The molecule has 75 heavy (non-hydrogen) atoms. The van der Waals surface area contributed by atoms with E-state index in [-0.39, 0.29) is 44.7 Å². The molecule has 0 saturated carbocycles. The summed E-state index contributed by atoms with van der Waals surface area (Å²) in [6.07, 6.45) is 24.5. The highest BCUT2D eigenvalue weighted by Crippen LogP contribution is 2.34. The van der Waals surface area contributed by atoms with Crippen molar-refractivity contribution in [2.45, 2.75) is 142 Å². The molecule has 6 aromatic rings. The number of carbonyl (C=O) groups is 5. The standard InChI is InChI=1S/C63H71ClO11/c1-3-5-7-9-11-13-15-17-19-21-43-70-52-34-25-48(26-35-52)60(66)73-54-40-31-50(32-41-54)62(68)75-57-42-33-46-23-24-51(45-56(46)58(57)64)63(69)74-55-38-29-49(30-39-55)61(67)72-53-36-27-47(28-37-53)59(65)71-44-22-20-18-16-14-12-10-8-6-4-2/h23-42,45H,3-22,43-44H2,1-2H3. The Morgan fingerprint density at radius 3 is 1.12 bits per heavy atom. The van der Waals surface area contributed by atoms with E-state index in [9.17, 15) is 24.0 Å². The first-order valence-electron chi connectivity index (χ1n) is 26.9. The molecule has 0 heterocycles. The second kappa shape index (κ2) is 31.7. The molecule has 0 aliphatic carbocycles. The fourth-order valence-electron chi connectivity index (χ4n) is 8.41. The van der Waals surface area contributed by atoms with E-state index in [4.69, 9.17) is 40.0 Å². The predicted molar refractivity (Wildman–Crippen MR) is 294 cm³/mol. The van der Waals surface area contributed by atoms with Crippen LogP contribution in [0, 0.1) is 0 Å². The zero-order valence-corrected chi connectivity index (χ0v) is 44.3. The summed E-state index contributed by atoms with van der Waals surface area (Å²) in [5.74, 6) is -1.56. The van der Waals surface area contributed by atoms with E-state index in [0.717, 1.165) is 32.1 Å². The number of fused-ring (bicyclic) bond motifs is 1. The van der Waals surface area contributed by atoms with Crippen molar-refractivity contribution in [1.29, 1.82) is 0 Å². The topological polar surface area (TPSA) is 141 Å². The Morgan fingerprint density at radius 1 is 0.347 bits per heavy atom. The van der Waals surface area contributed by atoms with Gasteiger partial charge in [-0.15, -0.1) is 0 Å². The van der Waals surface area contributed by atoms with E-state index < -0.39 is 29.8 Å². The van der Waals surface area contributed by atoms with Crippen molar-refractivity contribution in [1.82, 2.24) is 0 Å². The summed E-state index contributed by atoms with van der Waals surface area (Å²) in [6.45, 7) is 5.46. The van der Waals surface area contributed by atoms with E-state index >= 15 is 0 Å². The van der Waals surface area contributed by atoms with Crippen LogP contribution >= 0.6 is 11.6 Å². The molecule has 0 saturated heterocycles. The van der Waals surface area contributed by atoms with Crippen LogP contribution in [0.1, 0.15) is 194 Å². The van der Waals surface area contributed by atoms with Gasteiger partial charge < -0.3 is 28.4 Å². The number of hydrogen-bond donors (Lipinski definition) is 0. The normalized spacial score (nSPS) is 11.0. The van der Waals surface area contributed by atoms with Crippen LogP contribution in [-0.2, 0) is 4.74 Å². The van der Waals surface area contributed by atoms with E-state index in [1.165, 1.54) is 163 Å². The highest BCUT2D eigenvalue weighted by molar-refractivity contribution is 6.37. The molecule has 0 spiro atoms. The van der Waals surface area contributed by atoms with Gasteiger partial charge in [-0.25, -0.2) is 24.0 Å². The van der Waals surface area contributed by atoms with Gasteiger partial charge in [-0.2, -0.15) is 0 Å². The minimum atomic E-state index is -0.699. The van der Waals surface area contributed by atoms with Crippen molar-refractivity contribution in [2.75, 3.05) is 13.2 Å². The number of carbonyl (C=O) groups excluding carboxylic acids is 5. The summed E-state index contributed by atoms with van der Waals surface area (Å²) in [6, 6.07) is 32.9. The number of hydrogen-bond acceptors (Lipinski definition) is 11. The maximum Gasteiger partial charge on any atom is 0.343 e. The van der Waals surface area contributed by atoms with E-state index in [0.29, 0.717) is 40.9 Å². The Labute approximate surface area is 447 Å². The third kappa shape index (κ3) is 19.3. The molecule has 6 aromatic carbocycles. The van der Waals surface area contributed by atoms with Gasteiger partial charge >= 0.3 is 29.8 Å². The van der Waals surface area contributed by atoms with Crippen LogP contribution in [0.3, 0.4) is 0 Å². The number of benzene rings is 6. The third-order valence-corrected chi connectivity index (χ3v) is 13.2. The summed E-state index contributed by atoms with van der Waals surface area (Å²) in [5.41, 5.74) is 1.30. The maximum absolute atomic E-state index is 13.3. The molecule has 0 N–H and O–H groups in total. The molecule has 12 heteroatoms. The number of rotatable bonds is 32. The Bertz CT molecular complexity index is 2730. The molecule has 0 aromatic heterocycles. The van der Waals surface area contributed by atoms with Crippen LogP contribution in [0.4, 0.5) is 0 Å². The first kappa shape index (κ1) is 57.3. The van der Waals surface area contributed by atoms with Crippen LogP contribution in [-0.4, -0.2) is 43.1 Å². The second-order valence-corrected chi connectivity index (χ2v) is 19.2. The minimum absolute atomic E-state index is 0.0712. The largest absolute Gasteiger partial charge is 0.494 e. The fraction of sp³-hybridized carbons (Fsp3) is 0.381. The SMILES string of the molecule is CCCCCCCCCCCCOC(=O)c1ccc(OC(=O)c2ccc(OC(=O)c3ccc4ccc(OC(=O)c5ccc(OC(=O)c6ccc(OCCCCCCCCCCCC)cc6)cc5)c(Cl)c4c3)cc2)cc1. The molecule has 0 unspecified atom stereocenters. The fourth-order valence-corrected chi connectivity index (χ4v) is 8.67. The zero-order chi connectivity index (χ0) is 53.0. The number of halogens is 1. The maximum atomic E-state index is 13.3. The van der Waals surface area contributed by atoms with Gasteiger partial charge in [0, 0.05) is 5.39 Å².